The van der Waals surface area contributed by atoms with Crippen LogP contribution in [0.15, 0.2) is 5.38 Å². The summed E-state index contributed by atoms with van der Waals surface area (Å²) in [6, 6.07) is 0. The van der Waals surface area contributed by atoms with Gasteiger partial charge < -0.3 is 0 Å². The van der Waals surface area contributed by atoms with Crippen molar-refractivity contribution in [3.63, 3.8) is 0 Å². The Morgan fingerprint density at radius 3 is 2.50 bits per heavy atom. The van der Waals surface area contributed by atoms with E-state index in [1.54, 1.807) is 0 Å². The van der Waals surface area contributed by atoms with Gasteiger partial charge in [0.1, 0.15) is 0 Å². The summed E-state index contributed by atoms with van der Waals surface area (Å²) in [5.41, 5.74) is 0.983. The minimum absolute atomic E-state index is 0.0445. The number of ketones is 1. The molecule has 3 heteroatoms. The lowest BCUT2D eigenvalue weighted by Gasteiger charge is -1.88. The minimum atomic E-state index is 0.0445. The van der Waals surface area contributed by atoms with Crippen LogP contribution in [-0.4, -0.2) is 5.78 Å². The molecule has 10 heavy (non-hydrogen) atoms. The summed E-state index contributed by atoms with van der Waals surface area (Å²) >= 11 is 7.20. The molecule has 0 bridgehead atoms. The normalized spacial score (nSPS) is 9.90. The van der Waals surface area contributed by atoms with Crippen LogP contribution in [0.25, 0.3) is 0 Å². The molecule has 1 aromatic rings. The Kier molecular flexibility index (Phi) is 2.11. The number of hydrogen-bond acceptors (Lipinski definition) is 2. The summed E-state index contributed by atoms with van der Waals surface area (Å²) in [4.78, 5) is 11.5. The van der Waals surface area contributed by atoms with E-state index < -0.39 is 0 Å². The number of Topliss-reactive ketones (excluding diaryl/α,β-unsaturated/α-hetero) is 1. The van der Waals surface area contributed by atoms with Crippen LogP contribution in [0.1, 0.15) is 22.2 Å². The van der Waals surface area contributed by atoms with E-state index in [0.717, 1.165) is 5.56 Å². The van der Waals surface area contributed by atoms with E-state index in [4.69, 9.17) is 11.6 Å². The summed E-state index contributed by atoms with van der Waals surface area (Å²) in [7, 11) is 0. The van der Waals surface area contributed by atoms with E-state index in [0.29, 0.717) is 9.90 Å². The van der Waals surface area contributed by atoms with Gasteiger partial charge in [0, 0.05) is 6.92 Å². The molecule has 0 saturated heterocycles. The molecule has 0 N–H and O–H groups in total. The topological polar surface area (TPSA) is 17.1 Å². The van der Waals surface area contributed by atoms with E-state index in [1.165, 1.54) is 18.3 Å². The highest BCUT2D eigenvalue weighted by atomic mass is 35.5. The monoisotopic (exact) mass is 174 g/mol. The number of carbonyl (C=O) groups excluding carboxylic acids is 1. The fourth-order valence-electron chi connectivity index (χ4n) is 0.667. The SMILES string of the molecule is CC(=O)c1scc(C)c1Cl. The number of hydrogen-bond donors (Lipinski definition) is 0. The van der Waals surface area contributed by atoms with Crippen LogP contribution < -0.4 is 0 Å². The van der Waals surface area contributed by atoms with Crippen molar-refractivity contribution >= 4 is 28.7 Å². The van der Waals surface area contributed by atoms with Gasteiger partial charge in [-0.2, -0.15) is 0 Å². The molecule has 0 aliphatic rings. The number of rotatable bonds is 1. The third-order valence-corrected chi connectivity index (χ3v) is 3.02. The van der Waals surface area contributed by atoms with Gasteiger partial charge in [-0.1, -0.05) is 11.6 Å². The molecule has 0 fully saturated rings. The Morgan fingerprint density at radius 1 is 1.70 bits per heavy atom. The zero-order chi connectivity index (χ0) is 7.72. The van der Waals surface area contributed by atoms with Crippen LogP contribution in [-0.2, 0) is 0 Å². The average molecular weight is 175 g/mol. The highest BCUT2D eigenvalue weighted by Crippen LogP contribution is 2.26. The summed E-state index contributed by atoms with van der Waals surface area (Å²) in [6.45, 7) is 3.42. The van der Waals surface area contributed by atoms with Gasteiger partial charge in [-0.15, -0.1) is 11.3 Å². The molecule has 0 spiro atoms. The molecule has 54 valence electrons. The second kappa shape index (κ2) is 2.72. The van der Waals surface area contributed by atoms with Crippen LogP contribution >= 0.6 is 22.9 Å². The third kappa shape index (κ3) is 1.22. The minimum Gasteiger partial charge on any atom is -0.294 e. The number of thiophene rings is 1. The molecule has 1 nitrogen and oxygen atoms in total. The Bertz CT molecular complexity index is 265. The first-order chi connectivity index (χ1) is 4.63. The molecule has 0 radical (unpaired) electrons. The van der Waals surface area contributed by atoms with Crippen molar-refractivity contribution in [1.82, 2.24) is 0 Å². The molecule has 1 aromatic heterocycles. The first kappa shape index (κ1) is 7.76. The second-order valence-electron chi connectivity index (χ2n) is 2.12. The zero-order valence-electron chi connectivity index (χ0n) is 5.77. The molecule has 1 rings (SSSR count). The molecular formula is C7H7ClOS. The van der Waals surface area contributed by atoms with E-state index in [2.05, 4.69) is 0 Å². The molecule has 1 heterocycles. The van der Waals surface area contributed by atoms with Gasteiger partial charge >= 0.3 is 0 Å². The van der Waals surface area contributed by atoms with Gasteiger partial charge in [0.05, 0.1) is 9.90 Å². The van der Waals surface area contributed by atoms with Gasteiger partial charge in [0.25, 0.3) is 0 Å². The van der Waals surface area contributed by atoms with Gasteiger partial charge in [-0.05, 0) is 17.9 Å². The maximum absolute atomic E-state index is 10.8. The predicted octanol–water partition coefficient (Wildman–Crippen LogP) is 2.91. The van der Waals surface area contributed by atoms with Gasteiger partial charge in [0.15, 0.2) is 5.78 Å². The Balaban J connectivity index is 3.17. The van der Waals surface area contributed by atoms with E-state index in [-0.39, 0.29) is 5.78 Å². The number of carbonyl (C=O) groups is 1. The van der Waals surface area contributed by atoms with Gasteiger partial charge in [-0.25, -0.2) is 0 Å². The lowest BCUT2D eigenvalue weighted by Crippen LogP contribution is -1.86. The first-order valence-electron chi connectivity index (χ1n) is 2.87. The third-order valence-electron chi connectivity index (χ3n) is 1.22. The van der Waals surface area contributed by atoms with E-state index in [9.17, 15) is 4.79 Å². The Hall–Kier alpha value is -0.340. The highest BCUT2D eigenvalue weighted by Gasteiger charge is 2.09. The average Bonchev–Trinajstić information content (AvgIpc) is 2.14. The van der Waals surface area contributed by atoms with Crippen molar-refractivity contribution in [1.29, 1.82) is 0 Å². The second-order valence-corrected chi connectivity index (χ2v) is 3.38. The van der Waals surface area contributed by atoms with Gasteiger partial charge in [-0.3, -0.25) is 4.79 Å². The van der Waals surface area contributed by atoms with E-state index >= 15 is 0 Å². The molecular weight excluding hydrogens is 168 g/mol. The van der Waals surface area contributed by atoms with Crippen molar-refractivity contribution < 1.29 is 4.79 Å². The molecule has 0 aromatic carbocycles. The van der Waals surface area contributed by atoms with Crippen molar-refractivity contribution in [3.8, 4) is 0 Å². The summed E-state index contributed by atoms with van der Waals surface area (Å²) in [6.07, 6.45) is 0. The largest absolute Gasteiger partial charge is 0.294 e. The van der Waals surface area contributed by atoms with Crippen molar-refractivity contribution in [2.45, 2.75) is 13.8 Å². The lowest BCUT2D eigenvalue weighted by atomic mass is 10.3. The zero-order valence-corrected chi connectivity index (χ0v) is 7.34. The van der Waals surface area contributed by atoms with Crippen LogP contribution in [0.4, 0.5) is 0 Å². The van der Waals surface area contributed by atoms with Gasteiger partial charge in [0.2, 0.25) is 0 Å². The Morgan fingerprint density at radius 2 is 2.30 bits per heavy atom. The molecule has 0 atom stereocenters. The standard InChI is InChI=1S/C7H7ClOS/c1-4-3-10-7(5(2)9)6(4)8/h3H,1-2H3. The number of aryl methyl sites for hydroxylation is 1. The smallest absolute Gasteiger partial charge is 0.171 e. The lowest BCUT2D eigenvalue weighted by molar-refractivity contribution is 0.102. The molecule has 0 saturated carbocycles. The van der Waals surface area contributed by atoms with Crippen LogP contribution in [0, 0.1) is 6.92 Å². The van der Waals surface area contributed by atoms with Crippen molar-refractivity contribution in [3.05, 3.63) is 20.8 Å². The summed E-state index contributed by atoms with van der Waals surface area (Å²) in [5.74, 6) is 0.0445. The van der Waals surface area contributed by atoms with Crippen LogP contribution in [0.3, 0.4) is 0 Å². The highest BCUT2D eigenvalue weighted by molar-refractivity contribution is 7.13. The number of halogens is 1. The molecule has 0 aliphatic carbocycles. The van der Waals surface area contributed by atoms with Crippen molar-refractivity contribution in [2.24, 2.45) is 0 Å². The summed E-state index contributed by atoms with van der Waals surface area (Å²) in [5, 5.41) is 2.50. The first-order valence-corrected chi connectivity index (χ1v) is 4.13. The quantitative estimate of drug-likeness (QED) is 0.599. The van der Waals surface area contributed by atoms with Crippen LogP contribution in [0.5, 0.6) is 0 Å². The summed E-state index contributed by atoms with van der Waals surface area (Å²) < 4.78 is 0. The Labute approximate surface area is 68.6 Å². The maximum Gasteiger partial charge on any atom is 0.171 e. The molecule has 0 amide bonds. The molecule has 0 aliphatic heterocycles. The maximum atomic E-state index is 10.8. The van der Waals surface area contributed by atoms with E-state index in [1.807, 2.05) is 12.3 Å². The van der Waals surface area contributed by atoms with Crippen LogP contribution in [0.2, 0.25) is 5.02 Å². The van der Waals surface area contributed by atoms with Crippen molar-refractivity contribution in [2.75, 3.05) is 0 Å². The predicted molar refractivity (Wildman–Crippen MR) is 44.1 cm³/mol. The fraction of sp³-hybridized carbons (Fsp3) is 0.286. The fourth-order valence-corrected chi connectivity index (χ4v) is 1.90. The molecule has 0 unspecified atom stereocenters.